The standard InChI is InChI=1S/C31H26O/c1-30(2,3)20-16-17-24-25(19-32)23-12-6-9-15-28(23)31(29(24)18-20)26-13-7-4-10-21(26)22-11-5-8-14-27(22)31/h4-19,25H,1-3H3. The monoisotopic (exact) mass is 414 g/mol. The lowest BCUT2D eigenvalue weighted by atomic mass is 9.59. The molecule has 4 aromatic rings. The maximum atomic E-state index is 12.5. The molecule has 0 N–H and O–H groups in total. The van der Waals surface area contributed by atoms with Crippen LogP contribution in [-0.4, -0.2) is 6.29 Å². The normalized spacial score (nSPS) is 17.3. The fraction of sp³-hybridized carbons (Fsp3) is 0.194. The van der Waals surface area contributed by atoms with Gasteiger partial charge in [-0.3, -0.25) is 0 Å². The number of rotatable bonds is 1. The van der Waals surface area contributed by atoms with Crippen LogP contribution in [0.5, 0.6) is 0 Å². The van der Waals surface area contributed by atoms with Crippen LogP contribution in [0.4, 0.5) is 0 Å². The predicted octanol–water partition coefficient (Wildman–Crippen LogP) is 6.99. The van der Waals surface area contributed by atoms with E-state index in [1.54, 1.807) is 0 Å². The minimum Gasteiger partial charge on any atom is -0.302 e. The van der Waals surface area contributed by atoms with E-state index in [1.807, 2.05) is 0 Å². The van der Waals surface area contributed by atoms with Crippen LogP contribution < -0.4 is 0 Å². The van der Waals surface area contributed by atoms with Crippen molar-refractivity contribution in [3.63, 3.8) is 0 Å². The molecule has 4 aromatic carbocycles. The third-order valence-electron chi connectivity index (χ3n) is 7.45. The zero-order valence-corrected chi connectivity index (χ0v) is 18.7. The van der Waals surface area contributed by atoms with Crippen molar-refractivity contribution < 1.29 is 4.79 Å². The number of aldehydes is 1. The van der Waals surface area contributed by atoms with Crippen LogP contribution in [0.3, 0.4) is 0 Å². The molecule has 32 heavy (non-hydrogen) atoms. The first-order valence-electron chi connectivity index (χ1n) is 11.4. The number of hydrogen-bond acceptors (Lipinski definition) is 1. The largest absolute Gasteiger partial charge is 0.302 e. The van der Waals surface area contributed by atoms with Gasteiger partial charge in [0.05, 0.1) is 11.3 Å². The van der Waals surface area contributed by atoms with Gasteiger partial charge in [-0.1, -0.05) is 112 Å². The Morgan fingerprint density at radius 1 is 0.656 bits per heavy atom. The molecule has 0 saturated carbocycles. The molecule has 0 radical (unpaired) electrons. The van der Waals surface area contributed by atoms with Crippen LogP contribution in [0.1, 0.15) is 65.6 Å². The SMILES string of the molecule is CC(C)(C)c1ccc2c(c1)C1(c3ccccc3-c3ccccc31)c1ccccc1C2C=O. The number of hydrogen-bond donors (Lipinski definition) is 0. The van der Waals surface area contributed by atoms with Crippen LogP contribution in [0.25, 0.3) is 11.1 Å². The zero-order chi connectivity index (χ0) is 22.1. The molecule has 0 saturated heterocycles. The average molecular weight is 415 g/mol. The van der Waals surface area contributed by atoms with E-state index in [0.717, 1.165) is 17.4 Å². The number of fused-ring (bicyclic) bond motifs is 9. The molecule has 1 spiro atoms. The molecule has 2 aliphatic carbocycles. The lowest BCUT2D eigenvalue weighted by Crippen LogP contribution is -2.36. The Bertz CT molecular complexity index is 1340. The second-order valence-corrected chi connectivity index (χ2v) is 10.1. The van der Waals surface area contributed by atoms with E-state index in [4.69, 9.17) is 0 Å². The second-order valence-electron chi connectivity index (χ2n) is 10.1. The first kappa shape index (κ1) is 19.3. The van der Waals surface area contributed by atoms with Gasteiger partial charge < -0.3 is 4.79 Å². The van der Waals surface area contributed by atoms with Gasteiger partial charge >= 0.3 is 0 Å². The highest BCUT2D eigenvalue weighted by molar-refractivity contribution is 5.89. The van der Waals surface area contributed by atoms with Gasteiger partial charge in [-0.15, -0.1) is 0 Å². The van der Waals surface area contributed by atoms with Gasteiger partial charge in [-0.25, -0.2) is 0 Å². The molecule has 0 aromatic heterocycles. The van der Waals surface area contributed by atoms with Gasteiger partial charge in [-0.2, -0.15) is 0 Å². The summed E-state index contributed by atoms with van der Waals surface area (Å²) in [6.45, 7) is 6.77. The summed E-state index contributed by atoms with van der Waals surface area (Å²) in [5.41, 5.74) is 10.8. The molecule has 1 atom stereocenters. The number of benzene rings is 4. The van der Waals surface area contributed by atoms with Gasteiger partial charge in [-0.05, 0) is 55.5 Å². The molecule has 1 unspecified atom stereocenters. The minimum atomic E-state index is -0.417. The molecule has 1 nitrogen and oxygen atoms in total. The fourth-order valence-electron chi connectivity index (χ4n) is 6.00. The summed E-state index contributed by atoms with van der Waals surface area (Å²) in [5.74, 6) is -0.249. The number of carbonyl (C=O) groups excluding carboxylic acids is 1. The number of carbonyl (C=O) groups is 1. The molecule has 6 rings (SSSR count). The zero-order valence-electron chi connectivity index (χ0n) is 18.7. The Morgan fingerprint density at radius 2 is 1.19 bits per heavy atom. The van der Waals surface area contributed by atoms with Crippen LogP contribution in [0, 0.1) is 0 Å². The van der Waals surface area contributed by atoms with Crippen molar-refractivity contribution in [1.82, 2.24) is 0 Å². The van der Waals surface area contributed by atoms with Crippen molar-refractivity contribution in [3.8, 4) is 11.1 Å². The van der Waals surface area contributed by atoms with Crippen molar-refractivity contribution in [1.29, 1.82) is 0 Å². The summed E-state index contributed by atoms with van der Waals surface area (Å²) in [5, 5.41) is 0. The Labute approximate surface area is 189 Å². The van der Waals surface area contributed by atoms with E-state index in [-0.39, 0.29) is 11.3 Å². The summed E-state index contributed by atoms with van der Waals surface area (Å²) >= 11 is 0. The van der Waals surface area contributed by atoms with Crippen molar-refractivity contribution >= 4 is 6.29 Å². The third-order valence-corrected chi connectivity index (χ3v) is 7.45. The highest BCUT2D eigenvalue weighted by Gasteiger charge is 2.51. The lowest BCUT2D eigenvalue weighted by molar-refractivity contribution is -0.108. The Balaban J connectivity index is 1.84. The van der Waals surface area contributed by atoms with Crippen molar-refractivity contribution in [2.24, 2.45) is 0 Å². The minimum absolute atomic E-state index is 0.0154. The van der Waals surface area contributed by atoms with Gasteiger partial charge in [0, 0.05) is 0 Å². The van der Waals surface area contributed by atoms with Crippen LogP contribution in [0.15, 0.2) is 91.0 Å². The second kappa shape index (κ2) is 6.53. The quantitative estimate of drug-likeness (QED) is 0.270. The Hall–Kier alpha value is -3.45. The van der Waals surface area contributed by atoms with Crippen molar-refractivity contribution in [2.75, 3.05) is 0 Å². The van der Waals surface area contributed by atoms with Gasteiger partial charge in [0.15, 0.2) is 0 Å². The Morgan fingerprint density at radius 3 is 1.78 bits per heavy atom. The topological polar surface area (TPSA) is 17.1 Å². The first-order chi connectivity index (χ1) is 15.5. The maximum absolute atomic E-state index is 12.5. The summed E-state index contributed by atoms with van der Waals surface area (Å²) in [7, 11) is 0. The first-order valence-corrected chi connectivity index (χ1v) is 11.4. The molecule has 156 valence electrons. The molecular formula is C31H26O. The van der Waals surface area contributed by atoms with E-state index in [9.17, 15) is 4.79 Å². The molecule has 1 heteroatoms. The van der Waals surface area contributed by atoms with Gasteiger partial charge in [0.25, 0.3) is 0 Å². The van der Waals surface area contributed by atoms with Gasteiger partial charge in [0.1, 0.15) is 6.29 Å². The van der Waals surface area contributed by atoms with Crippen LogP contribution >= 0.6 is 0 Å². The fourth-order valence-corrected chi connectivity index (χ4v) is 6.00. The summed E-state index contributed by atoms with van der Waals surface area (Å²) in [4.78, 5) is 12.5. The third kappa shape index (κ3) is 2.31. The van der Waals surface area contributed by atoms with E-state index < -0.39 is 5.41 Å². The molecule has 0 aliphatic heterocycles. The molecule has 0 fully saturated rings. The highest BCUT2D eigenvalue weighted by atomic mass is 16.1. The van der Waals surface area contributed by atoms with E-state index in [0.29, 0.717) is 0 Å². The summed E-state index contributed by atoms with van der Waals surface area (Å²) < 4.78 is 0. The molecular weight excluding hydrogens is 388 g/mol. The van der Waals surface area contributed by atoms with E-state index >= 15 is 0 Å². The van der Waals surface area contributed by atoms with Crippen molar-refractivity contribution in [3.05, 3.63) is 130 Å². The van der Waals surface area contributed by atoms with E-state index in [1.165, 1.54) is 38.9 Å². The van der Waals surface area contributed by atoms with Crippen LogP contribution in [-0.2, 0) is 15.6 Å². The maximum Gasteiger partial charge on any atom is 0.131 e. The molecule has 2 aliphatic rings. The van der Waals surface area contributed by atoms with Crippen LogP contribution in [0.2, 0.25) is 0 Å². The van der Waals surface area contributed by atoms with E-state index in [2.05, 4.69) is 112 Å². The van der Waals surface area contributed by atoms with Gasteiger partial charge in [0.2, 0.25) is 0 Å². The lowest BCUT2D eigenvalue weighted by Gasteiger charge is -2.42. The predicted molar refractivity (Wildman–Crippen MR) is 130 cm³/mol. The smallest absolute Gasteiger partial charge is 0.131 e. The summed E-state index contributed by atoms with van der Waals surface area (Å²) in [6.07, 6.45) is 1.12. The average Bonchev–Trinajstić information content (AvgIpc) is 3.10. The highest BCUT2D eigenvalue weighted by Crippen LogP contribution is 2.61. The van der Waals surface area contributed by atoms with Crippen molar-refractivity contribution in [2.45, 2.75) is 37.5 Å². The molecule has 0 heterocycles. The Kier molecular flexibility index (Phi) is 3.93. The molecule has 0 bridgehead atoms. The molecule has 0 amide bonds. The summed E-state index contributed by atoms with van der Waals surface area (Å²) in [6, 6.07) is 32.9.